The number of nitrogens with one attached hydrogen (secondary N) is 1. The van der Waals surface area contributed by atoms with Gasteiger partial charge in [-0.3, -0.25) is 4.79 Å². The Bertz CT molecular complexity index is 634. The average Bonchev–Trinajstić information content (AvgIpc) is 2.49. The van der Waals surface area contributed by atoms with Gasteiger partial charge in [0, 0.05) is 10.4 Å². The van der Waals surface area contributed by atoms with Crippen LogP contribution in [-0.4, -0.2) is 16.7 Å². The zero-order chi connectivity index (χ0) is 16.9. The molecule has 0 saturated heterocycles. The third kappa shape index (κ3) is 5.76. The van der Waals surface area contributed by atoms with E-state index in [1.807, 2.05) is 25.1 Å². The molecule has 0 spiro atoms. The molecule has 3 heteroatoms. The van der Waals surface area contributed by atoms with Gasteiger partial charge in [-0.15, -0.1) is 11.8 Å². The minimum Gasteiger partial charge on any atom is -0.350 e. The number of carbonyl (C=O) groups excluding carboxylic acids is 1. The van der Waals surface area contributed by atoms with E-state index in [-0.39, 0.29) is 16.7 Å². The van der Waals surface area contributed by atoms with Crippen molar-refractivity contribution >= 4 is 17.7 Å². The fourth-order valence-electron chi connectivity index (χ4n) is 2.46. The molecule has 1 unspecified atom stereocenters. The first kappa shape index (κ1) is 17.6. The minimum atomic E-state index is -0.263. The van der Waals surface area contributed by atoms with Crippen LogP contribution in [0.3, 0.4) is 0 Å². The van der Waals surface area contributed by atoms with Crippen molar-refractivity contribution < 1.29 is 4.79 Å². The van der Waals surface area contributed by atoms with E-state index in [9.17, 15) is 4.79 Å². The van der Waals surface area contributed by atoms with Crippen LogP contribution in [0.1, 0.15) is 31.9 Å². The van der Waals surface area contributed by atoms with Crippen molar-refractivity contribution in [2.24, 2.45) is 0 Å². The zero-order valence-corrected chi connectivity index (χ0v) is 15.1. The van der Waals surface area contributed by atoms with Gasteiger partial charge in [-0.2, -0.15) is 0 Å². The van der Waals surface area contributed by atoms with Crippen LogP contribution in [0.5, 0.6) is 0 Å². The van der Waals surface area contributed by atoms with E-state index in [0.717, 1.165) is 11.3 Å². The second-order valence-corrected chi connectivity index (χ2v) is 8.02. The molecule has 1 atom stereocenters. The Hall–Kier alpha value is -1.74. The maximum Gasteiger partial charge on any atom is 0.233 e. The highest BCUT2D eigenvalue weighted by atomic mass is 32.2. The first-order valence-electron chi connectivity index (χ1n) is 7.95. The summed E-state index contributed by atoms with van der Waals surface area (Å²) < 4.78 is 0. The molecule has 0 aliphatic rings. The van der Waals surface area contributed by atoms with Gasteiger partial charge in [-0.05, 0) is 51.8 Å². The number of thioether (sulfide) groups is 1. The Morgan fingerprint density at radius 2 is 1.70 bits per heavy atom. The number of hydrogen-bond donors (Lipinski definition) is 1. The number of rotatable bonds is 6. The molecule has 0 radical (unpaired) electrons. The Labute approximate surface area is 143 Å². The lowest BCUT2D eigenvalue weighted by atomic mass is 9.95. The number of hydrogen-bond acceptors (Lipinski definition) is 2. The molecule has 0 aliphatic carbocycles. The van der Waals surface area contributed by atoms with E-state index in [1.54, 1.807) is 11.8 Å². The summed E-state index contributed by atoms with van der Waals surface area (Å²) in [5.74, 6) is 0.0801. The molecule has 0 saturated carbocycles. The fourth-order valence-corrected chi connectivity index (χ4v) is 3.33. The highest BCUT2D eigenvalue weighted by Crippen LogP contribution is 2.24. The van der Waals surface area contributed by atoms with Gasteiger partial charge in [0.15, 0.2) is 0 Å². The molecule has 1 N–H and O–H groups in total. The Kier molecular flexibility index (Phi) is 5.89. The van der Waals surface area contributed by atoms with Crippen molar-refractivity contribution in [3.8, 4) is 0 Å². The molecule has 0 aromatic heterocycles. The largest absolute Gasteiger partial charge is 0.350 e. The van der Waals surface area contributed by atoms with E-state index < -0.39 is 0 Å². The van der Waals surface area contributed by atoms with Crippen molar-refractivity contribution in [1.29, 1.82) is 0 Å². The molecular weight excluding hydrogens is 302 g/mol. The maximum absolute atomic E-state index is 12.5. The highest BCUT2D eigenvalue weighted by molar-refractivity contribution is 8.00. The third-order valence-electron chi connectivity index (χ3n) is 3.65. The molecule has 0 aliphatic heterocycles. The fraction of sp³-hybridized carbons (Fsp3) is 0.350. The highest BCUT2D eigenvalue weighted by Gasteiger charge is 2.24. The smallest absolute Gasteiger partial charge is 0.233 e. The molecule has 23 heavy (non-hydrogen) atoms. The third-order valence-corrected chi connectivity index (χ3v) is 4.77. The predicted octanol–water partition coefficient (Wildman–Crippen LogP) is 4.61. The monoisotopic (exact) mass is 327 g/mol. The summed E-state index contributed by atoms with van der Waals surface area (Å²) in [6.45, 7) is 8.16. The average molecular weight is 327 g/mol. The van der Waals surface area contributed by atoms with Crippen molar-refractivity contribution in [2.75, 3.05) is 0 Å². The minimum absolute atomic E-state index is 0.0801. The zero-order valence-electron chi connectivity index (χ0n) is 14.3. The van der Waals surface area contributed by atoms with E-state index in [0.29, 0.717) is 0 Å². The van der Waals surface area contributed by atoms with Crippen LogP contribution in [0.4, 0.5) is 0 Å². The lowest BCUT2D eigenvalue weighted by Gasteiger charge is -2.28. The second kappa shape index (κ2) is 7.69. The van der Waals surface area contributed by atoms with Crippen LogP contribution >= 0.6 is 11.8 Å². The Balaban J connectivity index is 1.92. The van der Waals surface area contributed by atoms with Crippen molar-refractivity contribution in [3.63, 3.8) is 0 Å². The van der Waals surface area contributed by atoms with Crippen LogP contribution in [-0.2, 0) is 11.2 Å². The van der Waals surface area contributed by atoms with Gasteiger partial charge in [0.2, 0.25) is 5.91 Å². The van der Waals surface area contributed by atoms with E-state index in [2.05, 4.69) is 62.5 Å². The van der Waals surface area contributed by atoms with Gasteiger partial charge < -0.3 is 5.32 Å². The molecule has 122 valence electrons. The Morgan fingerprint density at radius 3 is 2.30 bits per heavy atom. The Morgan fingerprint density at radius 1 is 1.09 bits per heavy atom. The van der Waals surface area contributed by atoms with E-state index in [1.165, 1.54) is 11.1 Å². The van der Waals surface area contributed by atoms with Crippen molar-refractivity contribution in [1.82, 2.24) is 5.32 Å². The number of amides is 1. The molecule has 0 fully saturated rings. The van der Waals surface area contributed by atoms with Gasteiger partial charge in [-0.25, -0.2) is 0 Å². The van der Waals surface area contributed by atoms with Crippen LogP contribution in [0.25, 0.3) is 0 Å². The molecule has 2 rings (SSSR count). The van der Waals surface area contributed by atoms with E-state index >= 15 is 0 Å². The summed E-state index contributed by atoms with van der Waals surface area (Å²) in [4.78, 5) is 13.6. The summed E-state index contributed by atoms with van der Waals surface area (Å²) in [5, 5.41) is 3.06. The standard InChI is InChI=1S/C20H25NOS/c1-15-10-12-18(13-11-15)23-16(2)19(22)21-20(3,4)14-17-8-6-5-7-9-17/h5-13,16H,14H2,1-4H3,(H,21,22). The van der Waals surface area contributed by atoms with Gasteiger partial charge in [0.1, 0.15) is 0 Å². The van der Waals surface area contributed by atoms with Gasteiger partial charge in [-0.1, -0.05) is 48.0 Å². The topological polar surface area (TPSA) is 29.1 Å². The van der Waals surface area contributed by atoms with Crippen molar-refractivity contribution in [2.45, 2.75) is 49.8 Å². The van der Waals surface area contributed by atoms with Crippen LogP contribution in [0.2, 0.25) is 0 Å². The molecular formula is C20H25NOS. The van der Waals surface area contributed by atoms with Gasteiger partial charge in [0.05, 0.1) is 5.25 Å². The van der Waals surface area contributed by atoms with Crippen LogP contribution in [0.15, 0.2) is 59.5 Å². The normalized spacial score (nSPS) is 12.7. The summed E-state index contributed by atoms with van der Waals surface area (Å²) >= 11 is 1.60. The number of carbonyl (C=O) groups is 1. The molecule has 0 bridgehead atoms. The molecule has 1 amide bonds. The quantitative estimate of drug-likeness (QED) is 0.785. The first-order valence-corrected chi connectivity index (χ1v) is 8.83. The molecule has 2 nitrogen and oxygen atoms in total. The lowest BCUT2D eigenvalue weighted by molar-refractivity contribution is -0.121. The lowest BCUT2D eigenvalue weighted by Crippen LogP contribution is -2.47. The summed E-state index contributed by atoms with van der Waals surface area (Å²) in [7, 11) is 0. The summed E-state index contributed by atoms with van der Waals surface area (Å²) in [6.07, 6.45) is 0.821. The summed E-state index contributed by atoms with van der Waals surface area (Å²) in [5.41, 5.74) is 2.20. The van der Waals surface area contributed by atoms with Gasteiger partial charge >= 0.3 is 0 Å². The first-order chi connectivity index (χ1) is 10.9. The second-order valence-electron chi connectivity index (χ2n) is 6.61. The molecule has 0 heterocycles. The predicted molar refractivity (Wildman–Crippen MR) is 98.9 cm³/mol. The van der Waals surface area contributed by atoms with Crippen LogP contribution in [0, 0.1) is 6.92 Å². The SMILES string of the molecule is Cc1ccc(SC(C)C(=O)NC(C)(C)Cc2ccccc2)cc1. The number of aryl methyl sites for hydroxylation is 1. The number of benzene rings is 2. The van der Waals surface area contributed by atoms with E-state index in [4.69, 9.17) is 0 Å². The van der Waals surface area contributed by atoms with Crippen LogP contribution < -0.4 is 5.32 Å². The maximum atomic E-state index is 12.5. The van der Waals surface area contributed by atoms with Gasteiger partial charge in [0.25, 0.3) is 0 Å². The molecule has 2 aromatic rings. The summed E-state index contributed by atoms with van der Waals surface area (Å²) in [6, 6.07) is 18.6. The van der Waals surface area contributed by atoms with Crippen molar-refractivity contribution in [3.05, 3.63) is 65.7 Å². The molecule has 2 aromatic carbocycles.